The molecule has 0 saturated heterocycles. The topological polar surface area (TPSA) is 84.5 Å². The molecule has 2 rings (SSSR count). The Morgan fingerprint density at radius 3 is 2.20 bits per heavy atom. The van der Waals surface area contributed by atoms with Crippen molar-refractivity contribution >= 4 is 29.2 Å². The van der Waals surface area contributed by atoms with Crippen molar-refractivity contribution in [3.8, 4) is 0 Å². The van der Waals surface area contributed by atoms with Gasteiger partial charge in [0.25, 0.3) is 0 Å². The van der Waals surface area contributed by atoms with E-state index in [2.05, 4.69) is 5.32 Å². The average molecular weight is 348 g/mol. The molecular formula is C17H14F2N2O4. The molecule has 0 spiro atoms. The molecular weight excluding hydrogens is 334 g/mol. The lowest BCUT2D eigenvalue weighted by Gasteiger charge is -2.08. The number of hydrogen-bond donors (Lipinski definition) is 2. The van der Waals surface area contributed by atoms with Crippen molar-refractivity contribution in [2.24, 2.45) is 0 Å². The van der Waals surface area contributed by atoms with Gasteiger partial charge in [0.1, 0.15) is 11.6 Å². The molecule has 2 aromatic rings. The number of amides is 2. The fourth-order valence-electron chi connectivity index (χ4n) is 1.86. The van der Waals surface area contributed by atoms with Crippen LogP contribution < -0.4 is 10.6 Å². The fraction of sp³-hybridized carbons (Fsp3) is 0.118. The summed E-state index contributed by atoms with van der Waals surface area (Å²) in [6.45, 7) is 1.91. The van der Waals surface area contributed by atoms with Crippen molar-refractivity contribution in [3.63, 3.8) is 0 Å². The van der Waals surface area contributed by atoms with Crippen LogP contribution >= 0.6 is 0 Å². The molecule has 0 aliphatic rings. The lowest BCUT2D eigenvalue weighted by atomic mass is 10.2. The van der Waals surface area contributed by atoms with Crippen LogP contribution in [0.4, 0.5) is 20.2 Å². The number of nitrogens with one attached hydrogen (secondary N) is 2. The van der Waals surface area contributed by atoms with Gasteiger partial charge in [-0.15, -0.1) is 0 Å². The number of anilines is 2. The van der Waals surface area contributed by atoms with Gasteiger partial charge in [-0.2, -0.15) is 0 Å². The Morgan fingerprint density at radius 1 is 0.960 bits per heavy atom. The number of halogens is 2. The van der Waals surface area contributed by atoms with Gasteiger partial charge in [0.05, 0.1) is 17.9 Å². The molecule has 0 bridgehead atoms. The highest BCUT2D eigenvalue weighted by Gasteiger charge is 2.16. The molecule has 0 heterocycles. The van der Waals surface area contributed by atoms with E-state index in [9.17, 15) is 23.2 Å². The van der Waals surface area contributed by atoms with Crippen molar-refractivity contribution in [2.75, 3.05) is 17.2 Å². The van der Waals surface area contributed by atoms with Crippen LogP contribution in [-0.2, 0) is 14.3 Å². The van der Waals surface area contributed by atoms with Crippen LogP contribution in [-0.4, -0.2) is 24.4 Å². The van der Waals surface area contributed by atoms with Crippen molar-refractivity contribution in [1.82, 2.24) is 0 Å². The van der Waals surface area contributed by atoms with Gasteiger partial charge >= 0.3 is 17.8 Å². The quantitative estimate of drug-likeness (QED) is 0.657. The maximum Gasteiger partial charge on any atom is 0.338 e. The lowest BCUT2D eigenvalue weighted by Crippen LogP contribution is -2.29. The summed E-state index contributed by atoms with van der Waals surface area (Å²) >= 11 is 0. The Kier molecular flexibility index (Phi) is 5.78. The molecule has 0 aliphatic heterocycles. The average Bonchev–Trinajstić information content (AvgIpc) is 2.58. The van der Waals surface area contributed by atoms with Crippen LogP contribution in [0.1, 0.15) is 17.3 Å². The molecule has 6 nitrogen and oxygen atoms in total. The molecule has 25 heavy (non-hydrogen) atoms. The number of esters is 1. The summed E-state index contributed by atoms with van der Waals surface area (Å²) in [5.41, 5.74) is 0.227. The highest BCUT2D eigenvalue weighted by atomic mass is 19.1. The summed E-state index contributed by atoms with van der Waals surface area (Å²) in [4.78, 5) is 35.1. The maximum absolute atomic E-state index is 13.5. The zero-order valence-corrected chi connectivity index (χ0v) is 13.1. The third kappa shape index (κ3) is 4.84. The second kappa shape index (κ2) is 8.00. The first-order valence-corrected chi connectivity index (χ1v) is 7.25. The fourth-order valence-corrected chi connectivity index (χ4v) is 1.86. The standard InChI is InChI=1S/C17H14F2N2O4/c1-2-25-17(24)10-3-6-12(7-4-10)20-15(22)16(23)21-14-8-5-11(18)9-13(14)19/h3-9H,2H2,1H3,(H,20,22)(H,21,23). The van der Waals surface area contributed by atoms with Gasteiger partial charge in [0.2, 0.25) is 0 Å². The van der Waals surface area contributed by atoms with E-state index >= 15 is 0 Å². The van der Waals surface area contributed by atoms with Crippen molar-refractivity contribution in [3.05, 3.63) is 59.7 Å². The molecule has 0 atom stereocenters. The number of carbonyl (C=O) groups excluding carboxylic acids is 3. The summed E-state index contributed by atoms with van der Waals surface area (Å²) in [5.74, 6) is -4.49. The van der Waals surface area contributed by atoms with Crippen LogP contribution in [0.3, 0.4) is 0 Å². The van der Waals surface area contributed by atoms with E-state index in [0.717, 1.165) is 12.1 Å². The summed E-state index contributed by atoms with van der Waals surface area (Å²) < 4.78 is 31.1. The van der Waals surface area contributed by atoms with Crippen LogP contribution in [0.15, 0.2) is 42.5 Å². The minimum atomic E-state index is -1.13. The minimum Gasteiger partial charge on any atom is -0.462 e. The normalized spacial score (nSPS) is 10.0. The second-order valence-corrected chi connectivity index (χ2v) is 4.83. The van der Waals surface area contributed by atoms with Gasteiger partial charge in [-0.25, -0.2) is 13.6 Å². The Hall–Kier alpha value is -3.29. The SMILES string of the molecule is CCOC(=O)c1ccc(NC(=O)C(=O)Nc2ccc(F)cc2F)cc1. The third-order valence-electron chi connectivity index (χ3n) is 3.04. The van der Waals surface area contributed by atoms with Gasteiger partial charge in [0.15, 0.2) is 0 Å². The van der Waals surface area contributed by atoms with Gasteiger partial charge in [-0.3, -0.25) is 9.59 Å². The van der Waals surface area contributed by atoms with Gasteiger partial charge in [0, 0.05) is 11.8 Å². The summed E-state index contributed by atoms with van der Waals surface area (Å²) in [5, 5.41) is 4.33. The van der Waals surface area contributed by atoms with Crippen molar-refractivity contribution in [1.29, 1.82) is 0 Å². The monoisotopic (exact) mass is 348 g/mol. The van der Waals surface area contributed by atoms with E-state index in [1.54, 1.807) is 6.92 Å². The second-order valence-electron chi connectivity index (χ2n) is 4.83. The zero-order valence-electron chi connectivity index (χ0n) is 13.1. The van der Waals surface area contributed by atoms with E-state index in [4.69, 9.17) is 4.74 Å². The summed E-state index contributed by atoms with van der Waals surface area (Å²) in [6.07, 6.45) is 0. The zero-order chi connectivity index (χ0) is 18.4. The van der Waals surface area contributed by atoms with Gasteiger partial charge in [-0.05, 0) is 43.3 Å². The van der Waals surface area contributed by atoms with E-state index in [1.165, 1.54) is 24.3 Å². The van der Waals surface area contributed by atoms with Crippen molar-refractivity contribution < 1.29 is 27.9 Å². The number of hydrogen-bond acceptors (Lipinski definition) is 4. The Balaban J connectivity index is 1.99. The lowest BCUT2D eigenvalue weighted by molar-refractivity contribution is -0.133. The molecule has 2 amide bonds. The first-order chi connectivity index (χ1) is 11.9. The summed E-state index contributed by atoms with van der Waals surface area (Å²) in [7, 11) is 0. The first kappa shape index (κ1) is 18.1. The molecule has 0 radical (unpaired) electrons. The van der Waals surface area contributed by atoms with Gasteiger partial charge in [-0.1, -0.05) is 0 Å². The largest absolute Gasteiger partial charge is 0.462 e. The van der Waals surface area contributed by atoms with Gasteiger partial charge < -0.3 is 15.4 Å². The van der Waals surface area contributed by atoms with E-state index < -0.39 is 29.4 Å². The molecule has 2 N–H and O–H groups in total. The maximum atomic E-state index is 13.5. The number of ether oxygens (including phenoxy) is 1. The van der Waals surface area contributed by atoms with Crippen LogP contribution in [0.5, 0.6) is 0 Å². The Bertz CT molecular complexity index is 807. The Labute approximate surface area is 141 Å². The first-order valence-electron chi connectivity index (χ1n) is 7.25. The van der Waals surface area contributed by atoms with E-state index in [1.807, 2.05) is 5.32 Å². The molecule has 130 valence electrons. The highest BCUT2D eigenvalue weighted by Crippen LogP contribution is 2.15. The number of benzene rings is 2. The predicted octanol–water partition coefficient (Wildman–Crippen LogP) is 2.72. The van der Waals surface area contributed by atoms with Crippen LogP contribution in [0.2, 0.25) is 0 Å². The predicted molar refractivity (Wildman–Crippen MR) is 86.0 cm³/mol. The van der Waals surface area contributed by atoms with Crippen molar-refractivity contribution in [2.45, 2.75) is 6.92 Å². The number of carbonyl (C=O) groups is 3. The molecule has 0 aliphatic carbocycles. The molecule has 2 aromatic carbocycles. The molecule has 8 heteroatoms. The van der Waals surface area contributed by atoms with E-state index in [-0.39, 0.29) is 23.5 Å². The molecule has 0 fully saturated rings. The van der Waals surface area contributed by atoms with Crippen LogP contribution in [0.25, 0.3) is 0 Å². The summed E-state index contributed by atoms with van der Waals surface area (Å²) in [6, 6.07) is 8.21. The third-order valence-corrected chi connectivity index (χ3v) is 3.04. The Morgan fingerprint density at radius 2 is 1.60 bits per heavy atom. The molecule has 0 unspecified atom stereocenters. The number of rotatable bonds is 4. The molecule has 0 aromatic heterocycles. The van der Waals surface area contributed by atoms with Crippen LogP contribution in [0, 0.1) is 11.6 Å². The minimum absolute atomic E-state index is 0.234. The smallest absolute Gasteiger partial charge is 0.338 e. The highest BCUT2D eigenvalue weighted by molar-refractivity contribution is 6.43. The molecule has 0 saturated carbocycles. The van der Waals surface area contributed by atoms with E-state index in [0.29, 0.717) is 6.07 Å².